The Labute approximate surface area is 250 Å². The van der Waals surface area contributed by atoms with Crippen LogP contribution in [0.5, 0.6) is 0 Å². The van der Waals surface area contributed by atoms with Crippen molar-refractivity contribution in [2.75, 3.05) is 17.4 Å². The molecule has 1 atom stereocenters. The highest BCUT2D eigenvalue weighted by atomic mass is 79.9. The highest BCUT2D eigenvalue weighted by Gasteiger charge is 2.33. The fourth-order valence-corrected chi connectivity index (χ4v) is 6.03. The molecule has 2 amide bonds. The Bertz CT molecular complexity index is 1430. The van der Waals surface area contributed by atoms with Crippen LogP contribution in [0.3, 0.4) is 0 Å². The van der Waals surface area contributed by atoms with Gasteiger partial charge in [-0.05, 0) is 74.7 Å². The molecule has 40 heavy (non-hydrogen) atoms. The molecule has 3 rings (SSSR count). The topological polar surface area (TPSA) is 86.8 Å². The maximum atomic E-state index is 14.0. The monoisotopic (exact) mass is 647 g/mol. The SMILES string of the molecule is CCCCNC(=O)[C@@H](C)N(Cc1ccc(Br)cc1)C(=O)CN(c1cccc(Cl)c1C)S(=O)(=O)c1ccc(C)cc1. The number of halogens is 2. The third kappa shape index (κ3) is 7.86. The van der Waals surface area contributed by atoms with Crippen molar-refractivity contribution >= 4 is 55.1 Å². The summed E-state index contributed by atoms with van der Waals surface area (Å²) in [6, 6.07) is 18.0. The van der Waals surface area contributed by atoms with Gasteiger partial charge in [0.25, 0.3) is 10.0 Å². The molecule has 0 unspecified atom stereocenters. The van der Waals surface area contributed by atoms with Crippen molar-refractivity contribution in [1.29, 1.82) is 0 Å². The Morgan fingerprint density at radius 1 is 1.00 bits per heavy atom. The normalized spacial score (nSPS) is 12.1. The van der Waals surface area contributed by atoms with Crippen LogP contribution >= 0.6 is 27.5 Å². The van der Waals surface area contributed by atoms with Crippen LogP contribution in [0.1, 0.15) is 43.4 Å². The van der Waals surface area contributed by atoms with Crippen LogP contribution in [-0.4, -0.2) is 44.3 Å². The van der Waals surface area contributed by atoms with E-state index in [1.165, 1.54) is 17.0 Å². The van der Waals surface area contributed by atoms with E-state index in [0.717, 1.165) is 32.7 Å². The van der Waals surface area contributed by atoms with Gasteiger partial charge in [0.1, 0.15) is 12.6 Å². The number of sulfonamides is 1. The average Bonchev–Trinajstić information content (AvgIpc) is 2.93. The first-order valence-corrected chi connectivity index (χ1v) is 15.7. The van der Waals surface area contributed by atoms with Crippen LogP contribution in [0, 0.1) is 13.8 Å². The van der Waals surface area contributed by atoms with E-state index in [-0.39, 0.29) is 17.3 Å². The van der Waals surface area contributed by atoms with Gasteiger partial charge in [0.15, 0.2) is 0 Å². The smallest absolute Gasteiger partial charge is 0.264 e. The van der Waals surface area contributed by atoms with Crippen LogP contribution in [0.15, 0.2) is 76.1 Å². The summed E-state index contributed by atoms with van der Waals surface area (Å²) in [5.74, 6) is -0.818. The van der Waals surface area contributed by atoms with Gasteiger partial charge in [0, 0.05) is 22.6 Å². The Hall–Kier alpha value is -2.88. The molecular formula is C30H35BrClN3O4S. The van der Waals surface area contributed by atoms with Gasteiger partial charge < -0.3 is 10.2 Å². The summed E-state index contributed by atoms with van der Waals surface area (Å²) in [6.07, 6.45) is 1.73. The average molecular weight is 649 g/mol. The Kier molecular flexibility index (Phi) is 11.2. The first kappa shape index (κ1) is 31.6. The minimum absolute atomic E-state index is 0.0510. The summed E-state index contributed by atoms with van der Waals surface area (Å²) in [4.78, 5) is 28.5. The lowest BCUT2D eigenvalue weighted by Gasteiger charge is -2.32. The van der Waals surface area contributed by atoms with E-state index in [0.29, 0.717) is 22.8 Å². The zero-order valence-electron chi connectivity index (χ0n) is 23.2. The number of hydrogen-bond donors (Lipinski definition) is 1. The van der Waals surface area contributed by atoms with Gasteiger partial charge in [0.2, 0.25) is 11.8 Å². The minimum atomic E-state index is -4.16. The number of anilines is 1. The quantitative estimate of drug-likeness (QED) is 0.235. The van der Waals surface area contributed by atoms with Crippen molar-refractivity contribution in [2.45, 2.75) is 58.0 Å². The molecule has 0 aliphatic heterocycles. The van der Waals surface area contributed by atoms with E-state index < -0.39 is 28.5 Å². The summed E-state index contributed by atoms with van der Waals surface area (Å²) in [5, 5.41) is 3.27. The van der Waals surface area contributed by atoms with Gasteiger partial charge >= 0.3 is 0 Å². The fourth-order valence-electron chi connectivity index (χ4n) is 4.12. The predicted molar refractivity (Wildman–Crippen MR) is 164 cm³/mol. The Balaban J connectivity index is 2.04. The van der Waals surface area contributed by atoms with E-state index in [4.69, 9.17) is 11.6 Å². The van der Waals surface area contributed by atoms with Crippen molar-refractivity contribution in [2.24, 2.45) is 0 Å². The lowest BCUT2D eigenvalue weighted by molar-refractivity contribution is -0.139. The van der Waals surface area contributed by atoms with E-state index in [9.17, 15) is 18.0 Å². The van der Waals surface area contributed by atoms with Crippen LogP contribution in [0.4, 0.5) is 5.69 Å². The number of benzene rings is 3. The molecule has 0 saturated carbocycles. The molecule has 3 aromatic rings. The summed E-state index contributed by atoms with van der Waals surface area (Å²) in [7, 11) is -4.16. The maximum absolute atomic E-state index is 14.0. The maximum Gasteiger partial charge on any atom is 0.264 e. The van der Waals surface area contributed by atoms with E-state index in [1.54, 1.807) is 44.2 Å². The number of hydrogen-bond acceptors (Lipinski definition) is 4. The van der Waals surface area contributed by atoms with E-state index in [1.807, 2.05) is 38.1 Å². The predicted octanol–water partition coefficient (Wildman–Crippen LogP) is 6.25. The summed E-state index contributed by atoms with van der Waals surface area (Å²) >= 11 is 9.79. The number of rotatable bonds is 12. The van der Waals surface area contributed by atoms with Gasteiger partial charge in [-0.15, -0.1) is 0 Å². The highest BCUT2D eigenvalue weighted by molar-refractivity contribution is 9.10. The number of aryl methyl sites for hydroxylation is 1. The van der Waals surface area contributed by atoms with Gasteiger partial charge in [-0.3, -0.25) is 13.9 Å². The van der Waals surface area contributed by atoms with Crippen molar-refractivity contribution in [3.05, 3.63) is 92.9 Å². The Morgan fingerprint density at radius 2 is 1.65 bits per heavy atom. The zero-order chi connectivity index (χ0) is 29.4. The molecule has 0 bridgehead atoms. The molecule has 1 N–H and O–H groups in total. The molecule has 0 aliphatic rings. The molecule has 0 fully saturated rings. The first-order valence-electron chi connectivity index (χ1n) is 13.1. The third-order valence-electron chi connectivity index (χ3n) is 6.66. The molecule has 3 aromatic carbocycles. The second-order valence-corrected chi connectivity index (χ2v) is 12.9. The molecule has 0 spiro atoms. The van der Waals surface area contributed by atoms with Crippen molar-refractivity contribution < 1.29 is 18.0 Å². The zero-order valence-corrected chi connectivity index (χ0v) is 26.3. The highest BCUT2D eigenvalue weighted by Crippen LogP contribution is 2.31. The molecule has 0 radical (unpaired) electrons. The third-order valence-corrected chi connectivity index (χ3v) is 9.37. The number of carbonyl (C=O) groups is 2. The fraction of sp³-hybridized carbons (Fsp3) is 0.333. The lowest BCUT2D eigenvalue weighted by atomic mass is 10.1. The lowest BCUT2D eigenvalue weighted by Crippen LogP contribution is -2.51. The minimum Gasteiger partial charge on any atom is -0.354 e. The summed E-state index contributed by atoms with van der Waals surface area (Å²) in [6.45, 7) is 7.37. The summed E-state index contributed by atoms with van der Waals surface area (Å²) in [5.41, 5.74) is 2.53. The Morgan fingerprint density at radius 3 is 2.27 bits per heavy atom. The molecular weight excluding hydrogens is 614 g/mol. The second kappa shape index (κ2) is 14.1. The molecule has 0 aliphatic carbocycles. The number of unbranched alkanes of at least 4 members (excludes halogenated alkanes) is 1. The van der Waals surface area contributed by atoms with Crippen molar-refractivity contribution in [3.63, 3.8) is 0 Å². The standard InChI is InChI=1S/C30H35BrClN3O4S/c1-5-6-18-33-30(37)23(4)34(19-24-12-14-25(31)15-13-24)29(36)20-35(28-9-7-8-27(32)22(28)3)40(38,39)26-16-10-21(2)11-17-26/h7-17,23H,5-6,18-20H2,1-4H3,(H,33,37)/t23-/m1/s1. The van der Waals surface area contributed by atoms with E-state index in [2.05, 4.69) is 21.2 Å². The number of amides is 2. The molecule has 0 aromatic heterocycles. The summed E-state index contributed by atoms with van der Waals surface area (Å²) < 4.78 is 29.9. The molecule has 0 heterocycles. The molecule has 0 saturated heterocycles. The van der Waals surface area contributed by atoms with Crippen molar-refractivity contribution in [3.8, 4) is 0 Å². The van der Waals surface area contributed by atoms with Crippen LogP contribution < -0.4 is 9.62 Å². The van der Waals surface area contributed by atoms with E-state index >= 15 is 0 Å². The number of carbonyl (C=O) groups excluding carboxylic acids is 2. The van der Waals surface area contributed by atoms with Crippen LogP contribution in [0.25, 0.3) is 0 Å². The number of nitrogens with one attached hydrogen (secondary N) is 1. The largest absolute Gasteiger partial charge is 0.354 e. The second-order valence-electron chi connectivity index (χ2n) is 9.68. The van der Waals surface area contributed by atoms with Crippen LogP contribution in [0.2, 0.25) is 5.02 Å². The van der Waals surface area contributed by atoms with Crippen LogP contribution in [-0.2, 0) is 26.2 Å². The van der Waals surface area contributed by atoms with Gasteiger partial charge in [-0.2, -0.15) is 0 Å². The van der Waals surface area contributed by atoms with Crippen molar-refractivity contribution in [1.82, 2.24) is 10.2 Å². The van der Waals surface area contributed by atoms with Gasteiger partial charge in [-0.25, -0.2) is 8.42 Å². The van der Waals surface area contributed by atoms with Gasteiger partial charge in [-0.1, -0.05) is 76.8 Å². The number of nitrogens with zero attached hydrogens (tertiary/aromatic N) is 2. The molecule has 214 valence electrons. The molecule has 10 heteroatoms. The van der Waals surface area contributed by atoms with Gasteiger partial charge in [0.05, 0.1) is 10.6 Å². The molecule has 7 nitrogen and oxygen atoms in total. The first-order chi connectivity index (χ1) is 18.9.